The molecular formula is C31H43N3O6S. The van der Waals surface area contributed by atoms with Crippen LogP contribution in [0.2, 0.25) is 0 Å². The number of hydrogen-bond donors (Lipinski definition) is 3. The summed E-state index contributed by atoms with van der Waals surface area (Å²) in [6.45, 7) is 10.6. The smallest absolute Gasteiger partial charge is 0.407 e. The van der Waals surface area contributed by atoms with E-state index in [2.05, 4.69) is 10.6 Å². The van der Waals surface area contributed by atoms with Gasteiger partial charge in [0.05, 0.1) is 18.5 Å². The molecule has 0 aromatic heterocycles. The number of benzene rings is 2. The van der Waals surface area contributed by atoms with Crippen molar-refractivity contribution in [3.8, 4) is 0 Å². The number of nitrogens with one attached hydrogen (secondary N) is 2. The number of aliphatic hydroxyl groups excluding tert-OH is 1. The van der Waals surface area contributed by atoms with Gasteiger partial charge in [0.15, 0.2) is 6.10 Å². The first-order chi connectivity index (χ1) is 19.5. The average molecular weight is 586 g/mol. The molecule has 1 heterocycles. The number of aliphatic hydroxyl groups is 1. The lowest BCUT2D eigenvalue weighted by atomic mass is 9.97. The van der Waals surface area contributed by atoms with Crippen LogP contribution in [0.4, 0.5) is 4.79 Å². The maximum Gasteiger partial charge on any atom is 0.407 e. The first-order valence-corrected chi connectivity index (χ1v) is 15.1. The summed E-state index contributed by atoms with van der Waals surface area (Å²) >= 11 is 1.47. The van der Waals surface area contributed by atoms with Gasteiger partial charge < -0.3 is 30.1 Å². The highest BCUT2D eigenvalue weighted by Gasteiger charge is 2.49. The lowest BCUT2D eigenvalue weighted by molar-refractivity contribution is -0.147. The minimum Gasteiger partial charge on any atom is -0.444 e. The van der Waals surface area contributed by atoms with Crippen molar-refractivity contribution in [1.82, 2.24) is 15.5 Å². The number of aryl methyl sites for hydroxylation is 1. The van der Waals surface area contributed by atoms with E-state index in [9.17, 15) is 19.5 Å². The van der Waals surface area contributed by atoms with Gasteiger partial charge in [-0.05, 0) is 57.2 Å². The molecule has 10 heteroatoms. The molecule has 9 nitrogen and oxygen atoms in total. The normalized spacial score (nSPS) is 18.3. The summed E-state index contributed by atoms with van der Waals surface area (Å²) in [7, 11) is 0. The standard InChI is InChI=1S/C31H43N3O6S/c1-6-16-39-19-22(3)40-30(38)33-25(17-23-13-8-7-9-14-23)26(35)29(37)34-20-41-31(4,5)27(34)28(36)32-18-24-15-11-10-12-21(24)2/h7-15,22,25-27,35H,6,16-20H2,1-5H3,(H,32,36)(H,33,38). The van der Waals surface area contributed by atoms with Crippen LogP contribution in [0.1, 0.15) is 50.8 Å². The lowest BCUT2D eigenvalue weighted by Crippen LogP contribution is -2.58. The Morgan fingerprint density at radius 3 is 2.49 bits per heavy atom. The summed E-state index contributed by atoms with van der Waals surface area (Å²) in [4.78, 5) is 41.4. The predicted molar refractivity (Wildman–Crippen MR) is 160 cm³/mol. The number of rotatable bonds is 13. The van der Waals surface area contributed by atoms with E-state index >= 15 is 0 Å². The molecule has 41 heavy (non-hydrogen) atoms. The van der Waals surface area contributed by atoms with Crippen LogP contribution in [0.25, 0.3) is 0 Å². The maximum absolute atomic E-state index is 13.8. The quantitative estimate of drug-likeness (QED) is 0.306. The Balaban J connectivity index is 1.74. The van der Waals surface area contributed by atoms with Crippen molar-refractivity contribution >= 4 is 29.7 Å². The first-order valence-electron chi connectivity index (χ1n) is 14.1. The SMILES string of the molecule is CCCOCC(C)OC(=O)NC(Cc1ccccc1)C(O)C(=O)N1CSC(C)(C)C1C(=O)NCc1ccccc1C. The molecule has 0 bridgehead atoms. The molecule has 3 rings (SSSR count). The molecule has 0 spiro atoms. The van der Waals surface area contributed by atoms with Crippen molar-refractivity contribution in [3.05, 3.63) is 71.3 Å². The minimum atomic E-state index is -1.60. The van der Waals surface area contributed by atoms with Crippen molar-refractivity contribution < 1.29 is 29.0 Å². The molecular weight excluding hydrogens is 542 g/mol. The van der Waals surface area contributed by atoms with Gasteiger partial charge in [-0.25, -0.2) is 4.79 Å². The zero-order chi connectivity index (χ0) is 30.0. The van der Waals surface area contributed by atoms with Crippen molar-refractivity contribution in [2.75, 3.05) is 19.1 Å². The third kappa shape index (κ3) is 9.21. The number of alkyl carbamates (subject to hydrolysis) is 1. The topological polar surface area (TPSA) is 117 Å². The second-order valence-electron chi connectivity index (χ2n) is 10.9. The van der Waals surface area contributed by atoms with Crippen molar-refractivity contribution in [2.45, 2.75) is 83.0 Å². The van der Waals surface area contributed by atoms with Crippen LogP contribution in [0, 0.1) is 6.92 Å². The number of ether oxygens (including phenoxy) is 2. The third-order valence-corrected chi connectivity index (χ3v) is 8.41. The number of carbonyl (C=O) groups is 3. The van der Waals surface area contributed by atoms with Gasteiger partial charge in [-0.1, -0.05) is 61.5 Å². The van der Waals surface area contributed by atoms with Crippen LogP contribution in [-0.4, -0.2) is 76.0 Å². The van der Waals surface area contributed by atoms with Gasteiger partial charge in [0, 0.05) is 17.9 Å². The van der Waals surface area contributed by atoms with Gasteiger partial charge in [0.25, 0.3) is 5.91 Å². The second-order valence-corrected chi connectivity index (χ2v) is 12.5. The van der Waals surface area contributed by atoms with Crippen molar-refractivity contribution in [2.24, 2.45) is 0 Å². The highest BCUT2D eigenvalue weighted by molar-refractivity contribution is 8.00. The van der Waals surface area contributed by atoms with Crippen LogP contribution >= 0.6 is 11.8 Å². The van der Waals surface area contributed by atoms with Gasteiger partial charge in [-0.3, -0.25) is 9.59 Å². The molecule has 1 saturated heterocycles. The summed E-state index contributed by atoms with van der Waals surface area (Å²) < 4.78 is 10.3. The number of hydrogen-bond acceptors (Lipinski definition) is 7. The molecule has 4 unspecified atom stereocenters. The van der Waals surface area contributed by atoms with Gasteiger partial charge in [0.2, 0.25) is 5.91 Å². The summed E-state index contributed by atoms with van der Waals surface area (Å²) in [5, 5.41) is 17.0. The summed E-state index contributed by atoms with van der Waals surface area (Å²) in [6, 6.07) is 15.3. The van der Waals surface area contributed by atoms with E-state index in [0.29, 0.717) is 13.2 Å². The number of amides is 3. The molecule has 2 aromatic carbocycles. The van der Waals surface area contributed by atoms with E-state index in [-0.39, 0.29) is 24.8 Å². The van der Waals surface area contributed by atoms with Crippen molar-refractivity contribution in [3.63, 3.8) is 0 Å². The van der Waals surface area contributed by atoms with Gasteiger partial charge in [-0.2, -0.15) is 0 Å². The average Bonchev–Trinajstić information content (AvgIpc) is 3.26. The largest absolute Gasteiger partial charge is 0.444 e. The van der Waals surface area contributed by atoms with Gasteiger partial charge in [0.1, 0.15) is 12.1 Å². The molecule has 4 atom stereocenters. The number of carbonyl (C=O) groups excluding carboxylic acids is 3. The van der Waals surface area contributed by atoms with E-state index < -0.39 is 41.0 Å². The monoisotopic (exact) mass is 585 g/mol. The Hall–Kier alpha value is -3.08. The van der Waals surface area contributed by atoms with Crippen LogP contribution in [0.5, 0.6) is 0 Å². The van der Waals surface area contributed by atoms with E-state index in [4.69, 9.17) is 9.47 Å². The molecule has 0 saturated carbocycles. The van der Waals surface area contributed by atoms with E-state index in [1.807, 2.05) is 82.3 Å². The Kier molecular flexibility index (Phi) is 12.1. The number of thioether (sulfide) groups is 1. The van der Waals surface area contributed by atoms with E-state index in [1.54, 1.807) is 6.92 Å². The maximum atomic E-state index is 13.8. The molecule has 2 aromatic rings. The molecule has 224 valence electrons. The summed E-state index contributed by atoms with van der Waals surface area (Å²) in [6.07, 6.45) is -1.82. The molecule has 3 amide bonds. The Morgan fingerprint density at radius 1 is 1.12 bits per heavy atom. The van der Waals surface area contributed by atoms with Crippen LogP contribution < -0.4 is 10.6 Å². The van der Waals surface area contributed by atoms with Gasteiger partial charge in [-0.15, -0.1) is 11.8 Å². The molecule has 1 aliphatic rings. The minimum absolute atomic E-state index is 0.193. The lowest BCUT2D eigenvalue weighted by Gasteiger charge is -2.33. The zero-order valence-corrected chi connectivity index (χ0v) is 25.4. The van der Waals surface area contributed by atoms with Gasteiger partial charge >= 0.3 is 6.09 Å². The Morgan fingerprint density at radius 2 is 1.80 bits per heavy atom. The fraction of sp³-hybridized carbons (Fsp3) is 0.516. The zero-order valence-electron chi connectivity index (χ0n) is 24.6. The Bertz CT molecular complexity index is 1160. The highest BCUT2D eigenvalue weighted by Crippen LogP contribution is 2.40. The van der Waals surface area contributed by atoms with Crippen LogP contribution in [0.3, 0.4) is 0 Å². The molecule has 1 fully saturated rings. The first kappa shape index (κ1) is 32.4. The molecule has 0 radical (unpaired) electrons. The molecule has 3 N–H and O–H groups in total. The second kappa shape index (κ2) is 15.2. The van der Waals surface area contributed by atoms with Crippen molar-refractivity contribution in [1.29, 1.82) is 0 Å². The summed E-state index contributed by atoms with van der Waals surface area (Å²) in [5.74, 6) is -0.684. The molecule has 0 aliphatic carbocycles. The van der Waals surface area contributed by atoms with E-state index in [1.165, 1.54) is 16.7 Å². The van der Waals surface area contributed by atoms with Crippen LogP contribution in [-0.2, 0) is 32.0 Å². The molecule has 1 aliphatic heterocycles. The van der Waals surface area contributed by atoms with E-state index in [0.717, 1.165) is 23.1 Å². The Labute approximate surface area is 247 Å². The fourth-order valence-corrected chi connectivity index (χ4v) is 5.89. The van der Waals surface area contributed by atoms with Crippen LogP contribution in [0.15, 0.2) is 54.6 Å². The predicted octanol–water partition coefficient (Wildman–Crippen LogP) is 3.80. The highest BCUT2D eigenvalue weighted by atomic mass is 32.2. The third-order valence-electron chi connectivity index (χ3n) is 7.04. The number of nitrogens with zero attached hydrogens (tertiary/aromatic N) is 1. The summed E-state index contributed by atoms with van der Waals surface area (Å²) in [5.41, 5.74) is 2.87. The fourth-order valence-electron chi connectivity index (χ4n) is 4.75.